The second kappa shape index (κ2) is 8.94. The molecule has 1 amide bonds. The van der Waals surface area contributed by atoms with E-state index in [1.807, 2.05) is 0 Å². The lowest BCUT2D eigenvalue weighted by atomic mass is 9.98. The van der Waals surface area contributed by atoms with Crippen LogP contribution in [0.25, 0.3) is 0 Å². The van der Waals surface area contributed by atoms with Crippen molar-refractivity contribution in [2.75, 3.05) is 13.2 Å². The standard InChI is InChI=1S/C19H25FN2O3/c20-15-7-4-6-14(12-15)17-13-18(25-22-17)19(23)21-10-5-11-24-16-8-2-1-3-9-16/h4,6-7,12,16,18H,1-3,5,8-11,13H2,(H,21,23)/t18-/m1/s1. The van der Waals surface area contributed by atoms with Gasteiger partial charge in [0.1, 0.15) is 5.82 Å². The van der Waals surface area contributed by atoms with Crippen LogP contribution in [0.3, 0.4) is 0 Å². The van der Waals surface area contributed by atoms with Crippen molar-refractivity contribution >= 4 is 11.6 Å². The van der Waals surface area contributed by atoms with Crippen LogP contribution in [0.1, 0.15) is 50.5 Å². The molecule has 5 nitrogen and oxygen atoms in total. The molecule has 0 radical (unpaired) electrons. The van der Waals surface area contributed by atoms with Crippen LogP contribution in [0, 0.1) is 5.82 Å². The number of hydrogen-bond acceptors (Lipinski definition) is 4. The van der Waals surface area contributed by atoms with Gasteiger partial charge in [0.05, 0.1) is 11.8 Å². The first-order chi connectivity index (χ1) is 12.2. The summed E-state index contributed by atoms with van der Waals surface area (Å²) in [4.78, 5) is 17.3. The molecule has 6 heteroatoms. The molecule has 1 aromatic carbocycles. The van der Waals surface area contributed by atoms with Gasteiger partial charge in [0.25, 0.3) is 5.91 Å². The highest BCUT2D eigenvalue weighted by Gasteiger charge is 2.28. The Morgan fingerprint density at radius 1 is 1.32 bits per heavy atom. The second-order valence-electron chi connectivity index (χ2n) is 6.62. The summed E-state index contributed by atoms with van der Waals surface area (Å²) < 4.78 is 19.1. The Hall–Kier alpha value is -1.95. The number of benzene rings is 1. The van der Waals surface area contributed by atoms with Gasteiger partial charge in [-0.25, -0.2) is 4.39 Å². The Labute approximate surface area is 147 Å². The Balaban J connectivity index is 1.33. The lowest BCUT2D eigenvalue weighted by molar-refractivity contribution is -0.131. The molecule has 136 valence electrons. The summed E-state index contributed by atoms with van der Waals surface area (Å²) in [6.07, 6.45) is 7.03. The predicted octanol–water partition coefficient (Wildman–Crippen LogP) is 3.17. The van der Waals surface area contributed by atoms with Crippen molar-refractivity contribution in [1.82, 2.24) is 5.32 Å². The number of ether oxygens (including phenoxy) is 1. The first-order valence-electron chi connectivity index (χ1n) is 9.10. The zero-order valence-corrected chi connectivity index (χ0v) is 14.4. The number of amides is 1. The van der Waals surface area contributed by atoms with Crippen molar-refractivity contribution in [3.05, 3.63) is 35.6 Å². The maximum atomic E-state index is 13.3. The molecule has 1 heterocycles. The maximum Gasteiger partial charge on any atom is 0.264 e. The fourth-order valence-corrected chi connectivity index (χ4v) is 3.24. The largest absolute Gasteiger partial charge is 0.382 e. The molecule has 0 aromatic heterocycles. The van der Waals surface area contributed by atoms with Gasteiger partial charge in [-0.1, -0.05) is 36.6 Å². The number of nitrogens with one attached hydrogen (secondary N) is 1. The minimum Gasteiger partial charge on any atom is -0.382 e. The van der Waals surface area contributed by atoms with Gasteiger partial charge in [-0.3, -0.25) is 4.79 Å². The highest BCUT2D eigenvalue weighted by molar-refractivity contribution is 6.04. The van der Waals surface area contributed by atoms with E-state index >= 15 is 0 Å². The minimum absolute atomic E-state index is 0.187. The Morgan fingerprint density at radius 3 is 2.96 bits per heavy atom. The zero-order valence-electron chi connectivity index (χ0n) is 14.4. The molecular formula is C19H25FN2O3. The molecule has 1 aromatic rings. The lowest BCUT2D eigenvalue weighted by Crippen LogP contribution is -2.35. The molecular weight excluding hydrogens is 323 g/mol. The van der Waals surface area contributed by atoms with E-state index in [0.717, 1.165) is 19.3 Å². The molecule has 1 N–H and O–H groups in total. The molecule has 1 atom stereocenters. The van der Waals surface area contributed by atoms with E-state index in [2.05, 4.69) is 10.5 Å². The number of halogens is 1. The quantitative estimate of drug-likeness (QED) is 0.770. The molecule has 0 unspecified atom stereocenters. The summed E-state index contributed by atoms with van der Waals surface area (Å²) in [6, 6.07) is 6.14. The molecule has 0 spiro atoms. The second-order valence-corrected chi connectivity index (χ2v) is 6.62. The predicted molar refractivity (Wildman–Crippen MR) is 92.9 cm³/mol. The highest BCUT2D eigenvalue weighted by Crippen LogP contribution is 2.20. The van der Waals surface area contributed by atoms with Crippen LogP contribution in [0.4, 0.5) is 4.39 Å². The SMILES string of the molecule is O=C(NCCCOC1CCCCC1)[C@H]1CC(c2cccc(F)c2)=NO1. The Morgan fingerprint density at radius 2 is 2.16 bits per heavy atom. The summed E-state index contributed by atoms with van der Waals surface area (Å²) in [5.41, 5.74) is 1.25. The molecule has 1 saturated carbocycles. The first kappa shape index (κ1) is 17.9. The number of nitrogens with zero attached hydrogens (tertiary/aromatic N) is 1. The van der Waals surface area contributed by atoms with Crippen LogP contribution in [0.2, 0.25) is 0 Å². The molecule has 2 aliphatic rings. The molecule has 1 fully saturated rings. The van der Waals surface area contributed by atoms with Crippen molar-refractivity contribution in [2.24, 2.45) is 5.16 Å². The van der Waals surface area contributed by atoms with Gasteiger partial charge in [-0.2, -0.15) is 0 Å². The molecule has 3 rings (SSSR count). The number of carbonyl (C=O) groups is 1. The summed E-state index contributed by atoms with van der Waals surface area (Å²) in [5, 5.41) is 6.77. The summed E-state index contributed by atoms with van der Waals surface area (Å²) in [5.74, 6) is -0.515. The zero-order chi connectivity index (χ0) is 17.5. The van der Waals surface area contributed by atoms with E-state index < -0.39 is 6.10 Å². The number of rotatable bonds is 7. The number of carbonyl (C=O) groups excluding carboxylic acids is 1. The van der Waals surface area contributed by atoms with E-state index in [-0.39, 0.29) is 11.7 Å². The van der Waals surface area contributed by atoms with Crippen LogP contribution < -0.4 is 5.32 Å². The van der Waals surface area contributed by atoms with Crippen molar-refractivity contribution in [3.63, 3.8) is 0 Å². The van der Waals surface area contributed by atoms with Crippen LogP contribution >= 0.6 is 0 Å². The fraction of sp³-hybridized carbons (Fsp3) is 0.579. The van der Waals surface area contributed by atoms with Crippen LogP contribution in [-0.2, 0) is 14.4 Å². The summed E-state index contributed by atoms with van der Waals surface area (Å²) >= 11 is 0. The van der Waals surface area contributed by atoms with Gasteiger partial charge < -0.3 is 14.9 Å². The van der Waals surface area contributed by atoms with Crippen LogP contribution in [-0.4, -0.2) is 37.0 Å². The normalized spacial score (nSPS) is 20.8. The first-order valence-corrected chi connectivity index (χ1v) is 9.10. The van der Waals surface area contributed by atoms with E-state index in [9.17, 15) is 9.18 Å². The topological polar surface area (TPSA) is 59.9 Å². The number of oxime groups is 1. The molecule has 0 bridgehead atoms. The van der Waals surface area contributed by atoms with Gasteiger partial charge >= 0.3 is 0 Å². The Bertz CT molecular complexity index is 614. The lowest BCUT2D eigenvalue weighted by Gasteiger charge is -2.22. The van der Waals surface area contributed by atoms with Gasteiger partial charge in [0.2, 0.25) is 6.10 Å². The average molecular weight is 348 g/mol. The average Bonchev–Trinajstić information content (AvgIpc) is 3.12. The van der Waals surface area contributed by atoms with Gasteiger partial charge in [0, 0.05) is 25.1 Å². The minimum atomic E-state index is -0.641. The smallest absolute Gasteiger partial charge is 0.264 e. The van der Waals surface area contributed by atoms with Crippen molar-refractivity contribution in [1.29, 1.82) is 0 Å². The molecule has 1 aliphatic heterocycles. The third-order valence-electron chi connectivity index (χ3n) is 4.65. The van der Waals surface area contributed by atoms with Crippen LogP contribution in [0.15, 0.2) is 29.4 Å². The molecule has 0 saturated heterocycles. The number of hydrogen-bond donors (Lipinski definition) is 1. The Kier molecular flexibility index (Phi) is 6.39. The fourth-order valence-electron chi connectivity index (χ4n) is 3.24. The van der Waals surface area contributed by atoms with Gasteiger partial charge in [-0.05, 0) is 31.4 Å². The van der Waals surface area contributed by atoms with Crippen molar-refractivity contribution in [3.8, 4) is 0 Å². The third-order valence-corrected chi connectivity index (χ3v) is 4.65. The molecule has 25 heavy (non-hydrogen) atoms. The third kappa shape index (κ3) is 5.26. The summed E-state index contributed by atoms with van der Waals surface area (Å²) in [7, 11) is 0. The van der Waals surface area contributed by atoms with E-state index in [1.165, 1.54) is 31.4 Å². The van der Waals surface area contributed by atoms with Gasteiger partial charge in [-0.15, -0.1) is 0 Å². The van der Waals surface area contributed by atoms with Gasteiger partial charge in [0.15, 0.2) is 0 Å². The van der Waals surface area contributed by atoms with E-state index in [0.29, 0.717) is 37.0 Å². The van der Waals surface area contributed by atoms with Crippen molar-refractivity contribution in [2.45, 2.75) is 57.2 Å². The maximum absolute atomic E-state index is 13.3. The molecule has 1 aliphatic carbocycles. The van der Waals surface area contributed by atoms with Crippen LogP contribution in [0.5, 0.6) is 0 Å². The monoisotopic (exact) mass is 348 g/mol. The van der Waals surface area contributed by atoms with E-state index in [1.54, 1.807) is 12.1 Å². The van der Waals surface area contributed by atoms with E-state index in [4.69, 9.17) is 9.57 Å². The summed E-state index contributed by atoms with van der Waals surface area (Å²) in [6.45, 7) is 1.22. The van der Waals surface area contributed by atoms with Crippen molar-refractivity contribution < 1.29 is 18.8 Å². The highest BCUT2D eigenvalue weighted by atomic mass is 19.1.